The van der Waals surface area contributed by atoms with Crippen LogP contribution in [0, 0.1) is 0 Å². The van der Waals surface area contributed by atoms with Gasteiger partial charge in [0.25, 0.3) is 0 Å². The van der Waals surface area contributed by atoms with Crippen LogP contribution >= 0.6 is 0 Å². The molecule has 5 heteroatoms. The Bertz CT molecular complexity index is 305. The van der Waals surface area contributed by atoms with Gasteiger partial charge in [-0.05, 0) is 40.3 Å². The molecule has 2 saturated heterocycles. The van der Waals surface area contributed by atoms with Crippen molar-refractivity contribution in [1.82, 2.24) is 20.4 Å². The first-order valence-electron chi connectivity index (χ1n) is 8.03. The van der Waals surface area contributed by atoms with Gasteiger partial charge in [-0.1, -0.05) is 6.42 Å². The van der Waals surface area contributed by atoms with E-state index in [0.29, 0.717) is 12.1 Å². The third kappa shape index (κ3) is 4.17. The SMILES string of the molecule is C[C@@H]1CN(C)C[C@H](C)N1CCNC(=O)C1CCCCN1. The van der Waals surface area contributed by atoms with Crippen LogP contribution in [0.15, 0.2) is 0 Å². The Morgan fingerprint density at radius 3 is 2.55 bits per heavy atom. The second kappa shape index (κ2) is 7.38. The van der Waals surface area contributed by atoms with Gasteiger partial charge >= 0.3 is 0 Å². The lowest BCUT2D eigenvalue weighted by Gasteiger charge is -2.43. The smallest absolute Gasteiger partial charge is 0.237 e. The van der Waals surface area contributed by atoms with Crippen molar-refractivity contribution < 1.29 is 4.79 Å². The zero-order chi connectivity index (χ0) is 14.5. The molecule has 0 spiro atoms. The van der Waals surface area contributed by atoms with Crippen LogP contribution in [-0.4, -0.2) is 73.6 Å². The Hall–Kier alpha value is -0.650. The lowest BCUT2D eigenvalue weighted by Crippen LogP contribution is -2.57. The van der Waals surface area contributed by atoms with E-state index in [1.807, 2.05) is 0 Å². The summed E-state index contributed by atoms with van der Waals surface area (Å²) in [5, 5.41) is 6.39. The zero-order valence-corrected chi connectivity index (χ0v) is 13.2. The Balaban J connectivity index is 1.70. The lowest BCUT2D eigenvalue weighted by molar-refractivity contribution is -0.123. The van der Waals surface area contributed by atoms with Crippen molar-refractivity contribution in [3.8, 4) is 0 Å². The van der Waals surface area contributed by atoms with Crippen molar-refractivity contribution in [3.63, 3.8) is 0 Å². The van der Waals surface area contributed by atoms with Gasteiger partial charge in [0.2, 0.25) is 5.91 Å². The molecule has 5 nitrogen and oxygen atoms in total. The molecule has 0 aromatic heterocycles. The highest BCUT2D eigenvalue weighted by molar-refractivity contribution is 5.81. The Labute approximate surface area is 123 Å². The number of rotatable bonds is 4. The molecule has 2 fully saturated rings. The second-order valence-corrected chi connectivity index (χ2v) is 6.45. The number of likely N-dealkylation sites (N-methyl/N-ethyl adjacent to an activating group) is 1. The zero-order valence-electron chi connectivity index (χ0n) is 13.2. The molecule has 3 atom stereocenters. The molecule has 0 aromatic rings. The summed E-state index contributed by atoms with van der Waals surface area (Å²) >= 11 is 0. The average Bonchev–Trinajstić information content (AvgIpc) is 2.42. The number of carbonyl (C=O) groups excluding carboxylic acids is 1. The molecule has 2 rings (SSSR count). The highest BCUT2D eigenvalue weighted by Crippen LogP contribution is 2.13. The van der Waals surface area contributed by atoms with Crippen LogP contribution < -0.4 is 10.6 Å². The molecule has 0 aliphatic carbocycles. The van der Waals surface area contributed by atoms with Crippen molar-refractivity contribution in [3.05, 3.63) is 0 Å². The van der Waals surface area contributed by atoms with E-state index in [0.717, 1.165) is 45.6 Å². The minimum atomic E-state index is 0.0334. The highest BCUT2D eigenvalue weighted by Gasteiger charge is 2.27. The number of carbonyl (C=O) groups is 1. The summed E-state index contributed by atoms with van der Waals surface area (Å²) in [6.45, 7) is 9.47. The average molecular weight is 282 g/mol. The Kier molecular flexibility index (Phi) is 5.81. The van der Waals surface area contributed by atoms with Crippen LogP contribution in [0.25, 0.3) is 0 Å². The van der Waals surface area contributed by atoms with Gasteiger partial charge in [0.05, 0.1) is 6.04 Å². The summed E-state index contributed by atoms with van der Waals surface area (Å²) in [7, 11) is 2.18. The van der Waals surface area contributed by atoms with Crippen molar-refractivity contribution in [1.29, 1.82) is 0 Å². The maximum atomic E-state index is 12.1. The number of nitrogens with zero attached hydrogens (tertiary/aromatic N) is 2. The molecule has 1 unspecified atom stereocenters. The highest BCUT2D eigenvalue weighted by atomic mass is 16.2. The number of nitrogens with one attached hydrogen (secondary N) is 2. The molecule has 1 amide bonds. The largest absolute Gasteiger partial charge is 0.353 e. The summed E-state index contributed by atoms with van der Waals surface area (Å²) in [6, 6.07) is 1.16. The standard InChI is InChI=1S/C15H30N4O/c1-12-10-18(3)11-13(2)19(12)9-8-17-15(20)14-6-4-5-7-16-14/h12-14,16H,4-11H2,1-3H3,(H,17,20)/t12-,13+,14?. The Morgan fingerprint density at radius 1 is 1.25 bits per heavy atom. The minimum Gasteiger partial charge on any atom is -0.353 e. The summed E-state index contributed by atoms with van der Waals surface area (Å²) in [5.74, 6) is 0.180. The van der Waals surface area contributed by atoms with E-state index >= 15 is 0 Å². The molecule has 0 radical (unpaired) electrons. The number of hydrogen-bond acceptors (Lipinski definition) is 4. The fraction of sp³-hybridized carbons (Fsp3) is 0.933. The molecular formula is C15H30N4O. The van der Waals surface area contributed by atoms with Gasteiger partial charge in [0.1, 0.15) is 0 Å². The van der Waals surface area contributed by atoms with Gasteiger partial charge in [-0.3, -0.25) is 9.69 Å². The molecule has 20 heavy (non-hydrogen) atoms. The molecule has 2 aliphatic rings. The van der Waals surface area contributed by atoms with E-state index in [9.17, 15) is 4.79 Å². The molecular weight excluding hydrogens is 252 g/mol. The fourth-order valence-corrected chi connectivity index (χ4v) is 3.57. The maximum absolute atomic E-state index is 12.1. The maximum Gasteiger partial charge on any atom is 0.237 e. The number of piperidine rings is 1. The summed E-state index contributed by atoms with van der Waals surface area (Å²) in [5.41, 5.74) is 0. The fourth-order valence-electron chi connectivity index (χ4n) is 3.57. The van der Waals surface area contributed by atoms with Gasteiger partial charge in [-0.15, -0.1) is 0 Å². The first-order valence-corrected chi connectivity index (χ1v) is 8.03. The number of piperazine rings is 1. The predicted octanol–water partition coefficient (Wildman–Crippen LogP) is 0.269. The molecule has 2 heterocycles. The predicted molar refractivity (Wildman–Crippen MR) is 81.8 cm³/mol. The quantitative estimate of drug-likeness (QED) is 0.777. The first-order chi connectivity index (χ1) is 9.58. The van der Waals surface area contributed by atoms with Crippen LogP contribution in [0.4, 0.5) is 0 Å². The number of hydrogen-bond donors (Lipinski definition) is 2. The van der Waals surface area contributed by atoms with Gasteiger partial charge in [-0.25, -0.2) is 0 Å². The molecule has 116 valence electrons. The van der Waals surface area contributed by atoms with Crippen molar-refractivity contribution in [2.75, 3.05) is 39.8 Å². The molecule has 2 aliphatic heterocycles. The molecule has 0 bridgehead atoms. The molecule has 0 saturated carbocycles. The van der Waals surface area contributed by atoms with Crippen molar-refractivity contribution >= 4 is 5.91 Å². The van der Waals surface area contributed by atoms with Crippen LogP contribution in [-0.2, 0) is 4.79 Å². The van der Waals surface area contributed by atoms with E-state index in [1.54, 1.807) is 0 Å². The summed E-state index contributed by atoms with van der Waals surface area (Å²) in [6.07, 6.45) is 3.34. The minimum absolute atomic E-state index is 0.0334. The van der Waals surface area contributed by atoms with E-state index in [1.165, 1.54) is 6.42 Å². The number of amides is 1. The van der Waals surface area contributed by atoms with E-state index in [4.69, 9.17) is 0 Å². The van der Waals surface area contributed by atoms with E-state index in [2.05, 4.69) is 41.3 Å². The van der Waals surface area contributed by atoms with E-state index in [-0.39, 0.29) is 11.9 Å². The first kappa shape index (κ1) is 15.7. The van der Waals surface area contributed by atoms with E-state index < -0.39 is 0 Å². The van der Waals surface area contributed by atoms with Crippen LogP contribution in [0.1, 0.15) is 33.1 Å². The Morgan fingerprint density at radius 2 is 1.95 bits per heavy atom. The van der Waals surface area contributed by atoms with Crippen molar-refractivity contribution in [2.24, 2.45) is 0 Å². The second-order valence-electron chi connectivity index (χ2n) is 6.45. The summed E-state index contributed by atoms with van der Waals surface area (Å²) < 4.78 is 0. The van der Waals surface area contributed by atoms with Crippen molar-refractivity contribution in [2.45, 2.75) is 51.2 Å². The van der Waals surface area contributed by atoms with Gasteiger partial charge < -0.3 is 15.5 Å². The third-order valence-electron chi connectivity index (χ3n) is 4.58. The third-order valence-corrected chi connectivity index (χ3v) is 4.58. The van der Waals surface area contributed by atoms with Gasteiger partial charge in [0.15, 0.2) is 0 Å². The van der Waals surface area contributed by atoms with Crippen LogP contribution in [0.2, 0.25) is 0 Å². The molecule has 2 N–H and O–H groups in total. The topological polar surface area (TPSA) is 47.6 Å². The molecule has 0 aromatic carbocycles. The van der Waals surface area contributed by atoms with Gasteiger partial charge in [0, 0.05) is 38.3 Å². The van der Waals surface area contributed by atoms with Gasteiger partial charge in [-0.2, -0.15) is 0 Å². The van der Waals surface area contributed by atoms with Crippen LogP contribution in [0.3, 0.4) is 0 Å². The summed E-state index contributed by atoms with van der Waals surface area (Å²) in [4.78, 5) is 16.9. The lowest BCUT2D eigenvalue weighted by atomic mass is 10.0. The van der Waals surface area contributed by atoms with Crippen LogP contribution in [0.5, 0.6) is 0 Å². The normalized spacial score (nSPS) is 33.0. The monoisotopic (exact) mass is 282 g/mol.